The lowest BCUT2D eigenvalue weighted by atomic mass is 10.1. The Morgan fingerprint density at radius 3 is 2.83 bits per heavy atom. The molecule has 0 radical (unpaired) electrons. The van der Waals surface area contributed by atoms with E-state index in [0.717, 1.165) is 11.3 Å². The molecule has 24 heavy (non-hydrogen) atoms. The zero-order chi connectivity index (χ0) is 17.1. The van der Waals surface area contributed by atoms with Gasteiger partial charge in [0.15, 0.2) is 11.3 Å². The van der Waals surface area contributed by atoms with Crippen molar-refractivity contribution in [2.24, 2.45) is 0 Å². The number of hydrogen-bond acceptors (Lipinski definition) is 5. The second-order valence-electron chi connectivity index (χ2n) is 5.11. The van der Waals surface area contributed by atoms with Gasteiger partial charge in [-0.2, -0.15) is 5.10 Å². The summed E-state index contributed by atoms with van der Waals surface area (Å²) in [4.78, 5) is 27.3. The van der Waals surface area contributed by atoms with Gasteiger partial charge in [-0.05, 0) is 25.1 Å². The van der Waals surface area contributed by atoms with Crippen molar-refractivity contribution in [3.05, 3.63) is 48.3 Å². The van der Waals surface area contributed by atoms with Gasteiger partial charge in [-0.3, -0.25) is 4.79 Å². The number of rotatable bonds is 4. The van der Waals surface area contributed by atoms with Crippen LogP contribution in [0.5, 0.6) is 0 Å². The van der Waals surface area contributed by atoms with Crippen LogP contribution in [0.2, 0.25) is 0 Å². The molecule has 0 aliphatic heterocycles. The first-order chi connectivity index (χ1) is 11.6. The summed E-state index contributed by atoms with van der Waals surface area (Å²) >= 11 is 0. The highest BCUT2D eigenvalue weighted by molar-refractivity contribution is 5.90. The third-order valence-electron chi connectivity index (χ3n) is 3.32. The zero-order valence-corrected chi connectivity index (χ0v) is 13.3. The fourth-order valence-corrected chi connectivity index (χ4v) is 2.38. The minimum absolute atomic E-state index is 0.143. The fraction of sp³-hybridized carbons (Fsp3) is 0.176. The Morgan fingerprint density at radius 1 is 1.25 bits per heavy atom. The maximum Gasteiger partial charge on any atom is 0.358 e. The Kier molecular flexibility index (Phi) is 4.24. The molecule has 1 N–H and O–H groups in total. The minimum Gasteiger partial charge on any atom is -0.461 e. The number of esters is 1. The standard InChI is InChI=1S/C17H16N4O3/c1-3-24-17(23)14-10-16-18-8-7-15(21(16)20-14)12-5-4-6-13(9-12)19-11(2)22/h4-10H,3H2,1-2H3,(H,19,22). The summed E-state index contributed by atoms with van der Waals surface area (Å²) < 4.78 is 6.56. The summed E-state index contributed by atoms with van der Waals surface area (Å²) in [6.07, 6.45) is 1.65. The monoisotopic (exact) mass is 324 g/mol. The Balaban J connectivity index is 2.06. The Hall–Kier alpha value is -3.22. The lowest BCUT2D eigenvalue weighted by Crippen LogP contribution is -2.06. The van der Waals surface area contributed by atoms with Crippen LogP contribution in [-0.2, 0) is 9.53 Å². The van der Waals surface area contributed by atoms with Gasteiger partial charge in [-0.1, -0.05) is 12.1 Å². The number of aromatic nitrogens is 3. The molecule has 0 spiro atoms. The van der Waals surface area contributed by atoms with E-state index in [2.05, 4.69) is 15.4 Å². The molecule has 3 rings (SSSR count). The quantitative estimate of drug-likeness (QED) is 0.745. The highest BCUT2D eigenvalue weighted by Crippen LogP contribution is 2.23. The second kappa shape index (κ2) is 6.49. The molecule has 0 aliphatic rings. The van der Waals surface area contributed by atoms with Crippen molar-refractivity contribution in [3.8, 4) is 11.3 Å². The summed E-state index contributed by atoms with van der Waals surface area (Å²) in [5, 5.41) is 7.04. The molecule has 1 amide bonds. The van der Waals surface area contributed by atoms with Crippen molar-refractivity contribution in [3.63, 3.8) is 0 Å². The van der Waals surface area contributed by atoms with Crippen molar-refractivity contribution < 1.29 is 14.3 Å². The molecule has 7 heteroatoms. The molecular formula is C17H16N4O3. The molecule has 122 valence electrons. The van der Waals surface area contributed by atoms with Gasteiger partial charge >= 0.3 is 5.97 Å². The molecule has 0 bridgehead atoms. The maximum atomic E-state index is 11.9. The normalized spacial score (nSPS) is 10.6. The summed E-state index contributed by atoms with van der Waals surface area (Å²) in [6, 6.07) is 10.7. The number of carbonyl (C=O) groups is 2. The Labute approximate surface area is 138 Å². The van der Waals surface area contributed by atoms with Gasteiger partial charge < -0.3 is 10.1 Å². The van der Waals surface area contributed by atoms with Gasteiger partial charge in [-0.25, -0.2) is 14.3 Å². The number of benzene rings is 1. The predicted molar refractivity (Wildman–Crippen MR) is 88.7 cm³/mol. The van der Waals surface area contributed by atoms with E-state index in [1.807, 2.05) is 18.2 Å². The molecule has 0 atom stereocenters. The van der Waals surface area contributed by atoms with Crippen LogP contribution in [0.1, 0.15) is 24.3 Å². The Morgan fingerprint density at radius 2 is 2.08 bits per heavy atom. The molecule has 0 aliphatic carbocycles. The highest BCUT2D eigenvalue weighted by Gasteiger charge is 2.15. The van der Waals surface area contributed by atoms with Crippen LogP contribution in [0.4, 0.5) is 5.69 Å². The number of hydrogen-bond donors (Lipinski definition) is 1. The molecule has 0 saturated heterocycles. The first-order valence-corrected chi connectivity index (χ1v) is 7.48. The fourth-order valence-electron chi connectivity index (χ4n) is 2.38. The SMILES string of the molecule is CCOC(=O)c1cc2nccc(-c3cccc(NC(C)=O)c3)n2n1. The largest absolute Gasteiger partial charge is 0.461 e. The Bertz CT molecular complexity index is 917. The van der Waals surface area contributed by atoms with E-state index < -0.39 is 5.97 Å². The van der Waals surface area contributed by atoms with E-state index in [1.54, 1.807) is 35.8 Å². The van der Waals surface area contributed by atoms with Crippen LogP contribution in [0.25, 0.3) is 16.9 Å². The molecule has 0 unspecified atom stereocenters. The van der Waals surface area contributed by atoms with Crippen LogP contribution >= 0.6 is 0 Å². The number of nitrogens with zero attached hydrogens (tertiary/aromatic N) is 3. The molecule has 3 aromatic rings. The number of fused-ring (bicyclic) bond motifs is 1. The van der Waals surface area contributed by atoms with E-state index >= 15 is 0 Å². The minimum atomic E-state index is -0.485. The lowest BCUT2D eigenvalue weighted by molar-refractivity contribution is -0.114. The molecule has 7 nitrogen and oxygen atoms in total. The lowest BCUT2D eigenvalue weighted by Gasteiger charge is -2.07. The van der Waals surface area contributed by atoms with Gasteiger partial charge in [0.2, 0.25) is 5.91 Å². The second-order valence-corrected chi connectivity index (χ2v) is 5.11. The third-order valence-corrected chi connectivity index (χ3v) is 3.32. The molecule has 0 saturated carbocycles. The smallest absolute Gasteiger partial charge is 0.358 e. The molecule has 1 aromatic carbocycles. The predicted octanol–water partition coefficient (Wildman–Crippen LogP) is 2.53. The number of ether oxygens (including phenoxy) is 1. The van der Waals surface area contributed by atoms with Crippen molar-refractivity contribution in [2.75, 3.05) is 11.9 Å². The van der Waals surface area contributed by atoms with Crippen molar-refractivity contribution in [1.29, 1.82) is 0 Å². The topological polar surface area (TPSA) is 85.6 Å². The van der Waals surface area contributed by atoms with Gasteiger partial charge in [0.05, 0.1) is 12.3 Å². The summed E-state index contributed by atoms with van der Waals surface area (Å²) in [6.45, 7) is 3.48. The zero-order valence-electron chi connectivity index (χ0n) is 13.3. The van der Waals surface area contributed by atoms with E-state index in [0.29, 0.717) is 11.3 Å². The van der Waals surface area contributed by atoms with E-state index in [9.17, 15) is 9.59 Å². The molecule has 0 fully saturated rings. The van der Waals surface area contributed by atoms with Crippen LogP contribution in [-0.4, -0.2) is 33.1 Å². The van der Waals surface area contributed by atoms with Crippen LogP contribution in [0.3, 0.4) is 0 Å². The van der Waals surface area contributed by atoms with Gasteiger partial charge in [0.1, 0.15) is 0 Å². The summed E-state index contributed by atoms with van der Waals surface area (Å²) in [7, 11) is 0. The van der Waals surface area contributed by atoms with Gasteiger partial charge in [-0.15, -0.1) is 0 Å². The number of amides is 1. The van der Waals surface area contributed by atoms with Crippen molar-refractivity contribution >= 4 is 23.2 Å². The van der Waals surface area contributed by atoms with Gasteiger partial charge in [0, 0.05) is 30.4 Å². The van der Waals surface area contributed by atoms with Crippen LogP contribution in [0.15, 0.2) is 42.6 Å². The maximum absolute atomic E-state index is 11.9. The summed E-state index contributed by atoms with van der Waals surface area (Å²) in [5.74, 6) is -0.628. The summed E-state index contributed by atoms with van der Waals surface area (Å²) in [5.41, 5.74) is 3.02. The number of anilines is 1. The molecular weight excluding hydrogens is 308 g/mol. The molecule has 2 aromatic heterocycles. The van der Waals surface area contributed by atoms with Gasteiger partial charge in [0.25, 0.3) is 0 Å². The van der Waals surface area contributed by atoms with E-state index in [1.165, 1.54) is 6.92 Å². The first kappa shape index (κ1) is 15.7. The number of nitrogens with one attached hydrogen (secondary N) is 1. The molecule has 2 heterocycles. The van der Waals surface area contributed by atoms with Crippen LogP contribution in [0, 0.1) is 0 Å². The third kappa shape index (κ3) is 3.10. The van der Waals surface area contributed by atoms with E-state index in [4.69, 9.17) is 4.74 Å². The van der Waals surface area contributed by atoms with E-state index in [-0.39, 0.29) is 18.2 Å². The average molecular weight is 324 g/mol. The first-order valence-electron chi connectivity index (χ1n) is 7.48. The average Bonchev–Trinajstić information content (AvgIpc) is 2.99. The highest BCUT2D eigenvalue weighted by atomic mass is 16.5. The van der Waals surface area contributed by atoms with Crippen molar-refractivity contribution in [1.82, 2.24) is 14.6 Å². The number of carbonyl (C=O) groups excluding carboxylic acids is 2. The van der Waals surface area contributed by atoms with Crippen LogP contribution < -0.4 is 5.32 Å². The van der Waals surface area contributed by atoms with Crippen molar-refractivity contribution in [2.45, 2.75) is 13.8 Å².